The first kappa shape index (κ1) is 21.8. The largest absolute Gasteiger partial charge is 0.480 e. The lowest BCUT2D eigenvalue weighted by Gasteiger charge is -2.19. The van der Waals surface area contributed by atoms with Crippen molar-refractivity contribution in [3.63, 3.8) is 0 Å². The first-order chi connectivity index (χ1) is 11.2. The summed E-state index contributed by atoms with van der Waals surface area (Å²) in [4.78, 5) is 45.2. The molecule has 0 saturated carbocycles. The molecule has 0 aliphatic heterocycles. The van der Waals surface area contributed by atoms with Crippen molar-refractivity contribution in [1.82, 2.24) is 10.6 Å². The summed E-state index contributed by atoms with van der Waals surface area (Å²) in [5.74, 6) is -3.73. The average Bonchev–Trinajstić information content (AvgIpc) is 2.51. The molecule has 10 nitrogen and oxygen atoms in total. The molecule has 138 valence electrons. The minimum Gasteiger partial charge on any atom is -0.480 e. The molecule has 0 rings (SSSR count). The molecule has 0 saturated heterocycles. The Morgan fingerprint density at radius 3 is 2.08 bits per heavy atom. The lowest BCUT2D eigenvalue weighted by molar-refractivity contribution is -0.142. The zero-order valence-electron chi connectivity index (χ0n) is 13.5. The van der Waals surface area contributed by atoms with E-state index in [1.807, 2.05) is 0 Å². The number of nitrogens with two attached hydrogens (primary N) is 1. The molecular weight excluding hydrogens is 322 g/mol. The Balaban J connectivity index is 4.41. The molecule has 0 aliphatic rings. The van der Waals surface area contributed by atoms with Crippen LogP contribution >= 0.6 is 0 Å². The van der Waals surface area contributed by atoms with E-state index in [9.17, 15) is 24.3 Å². The summed E-state index contributed by atoms with van der Waals surface area (Å²) in [5, 5.41) is 31.3. The third kappa shape index (κ3) is 8.44. The number of hydrogen-bond donors (Lipinski definition) is 6. The van der Waals surface area contributed by atoms with E-state index in [0.29, 0.717) is 6.42 Å². The van der Waals surface area contributed by atoms with Crippen LogP contribution in [0.3, 0.4) is 0 Å². The summed E-state index contributed by atoms with van der Waals surface area (Å²) < 4.78 is 0. The number of aliphatic hydroxyl groups excluding tert-OH is 1. The average molecular weight is 347 g/mol. The van der Waals surface area contributed by atoms with Gasteiger partial charge < -0.3 is 31.7 Å². The molecule has 0 bridgehead atoms. The monoisotopic (exact) mass is 347 g/mol. The molecule has 0 aromatic carbocycles. The number of carboxylic acids is 2. The van der Waals surface area contributed by atoms with Crippen LogP contribution in [0.2, 0.25) is 0 Å². The van der Waals surface area contributed by atoms with Crippen molar-refractivity contribution < 1.29 is 34.5 Å². The van der Waals surface area contributed by atoms with Crippen LogP contribution in [0.1, 0.15) is 39.0 Å². The van der Waals surface area contributed by atoms with E-state index >= 15 is 0 Å². The third-order valence-electron chi connectivity index (χ3n) is 3.26. The molecule has 0 aliphatic carbocycles. The second kappa shape index (κ2) is 11.4. The maximum Gasteiger partial charge on any atom is 0.326 e. The standard InChI is InChI=1S/C14H25N3O7/c1-2-4-9(14(23)24)17-12(20)10(7-18)16-11(19)6-3-5-8(15)13(21)22/h8-10,18H,2-7,15H2,1H3,(H,16,19)(H,17,20)(H,21,22)(H,23,24). The van der Waals surface area contributed by atoms with Crippen molar-refractivity contribution >= 4 is 23.8 Å². The quantitative estimate of drug-likeness (QED) is 0.244. The molecule has 0 aromatic heterocycles. The van der Waals surface area contributed by atoms with Crippen LogP contribution in [0.25, 0.3) is 0 Å². The Kier molecular flexibility index (Phi) is 10.3. The van der Waals surface area contributed by atoms with E-state index in [2.05, 4.69) is 10.6 Å². The number of aliphatic carboxylic acids is 2. The summed E-state index contributed by atoms with van der Waals surface area (Å²) in [6, 6.07) is -3.44. The Hall–Kier alpha value is -2.20. The fourth-order valence-electron chi connectivity index (χ4n) is 1.88. The molecule has 0 fully saturated rings. The van der Waals surface area contributed by atoms with Gasteiger partial charge in [-0.25, -0.2) is 4.79 Å². The van der Waals surface area contributed by atoms with E-state index in [1.54, 1.807) is 6.92 Å². The number of amides is 2. The maximum absolute atomic E-state index is 11.9. The van der Waals surface area contributed by atoms with E-state index < -0.39 is 48.5 Å². The Labute approximate surface area is 139 Å². The molecule has 0 heterocycles. The summed E-state index contributed by atoms with van der Waals surface area (Å²) in [6.45, 7) is 1.07. The van der Waals surface area contributed by atoms with Gasteiger partial charge in [-0.15, -0.1) is 0 Å². The Morgan fingerprint density at radius 1 is 1.00 bits per heavy atom. The number of hydrogen-bond acceptors (Lipinski definition) is 6. The molecule has 0 radical (unpaired) electrons. The zero-order valence-corrected chi connectivity index (χ0v) is 13.5. The highest BCUT2D eigenvalue weighted by Gasteiger charge is 2.25. The van der Waals surface area contributed by atoms with Gasteiger partial charge in [0.05, 0.1) is 6.61 Å². The van der Waals surface area contributed by atoms with Crippen molar-refractivity contribution in [2.24, 2.45) is 5.73 Å². The first-order valence-electron chi connectivity index (χ1n) is 7.64. The number of rotatable bonds is 12. The summed E-state index contributed by atoms with van der Waals surface area (Å²) in [6.07, 6.45) is 0.989. The zero-order chi connectivity index (χ0) is 18.7. The second-order valence-electron chi connectivity index (χ2n) is 5.33. The molecule has 3 unspecified atom stereocenters. The Morgan fingerprint density at radius 2 is 1.62 bits per heavy atom. The van der Waals surface area contributed by atoms with Crippen molar-refractivity contribution in [2.45, 2.75) is 57.2 Å². The smallest absolute Gasteiger partial charge is 0.326 e. The predicted molar refractivity (Wildman–Crippen MR) is 83.0 cm³/mol. The van der Waals surface area contributed by atoms with E-state index in [4.69, 9.17) is 15.9 Å². The van der Waals surface area contributed by atoms with Crippen LogP contribution in [0, 0.1) is 0 Å². The van der Waals surface area contributed by atoms with Crippen molar-refractivity contribution in [2.75, 3.05) is 6.61 Å². The molecule has 3 atom stereocenters. The highest BCUT2D eigenvalue weighted by Crippen LogP contribution is 2.01. The van der Waals surface area contributed by atoms with Crippen LogP contribution in [0.4, 0.5) is 0 Å². The normalized spacial score (nSPS) is 14.3. The van der Waals surface area contributed by atoms with Crippen molar-refractivity contribution in [3.8, 4) is 0 Å². The third-order valence-corrected chi connectivity index (χ3v) is 3.26. The Bertz CT molecular complexity index is 456. The van der Waals surface area contributed by atoms with Gasteiger partial charge in [0.2, 0.25) is 11.8 Å². The van der Waals surface area contributed by atoms with Gasteiger partial charge in [-0.1, -0.05) is 13.3 Å². The second-order valence-corrected chi connectivity index (χ2v) is 5.33. The fourth-order valence-corrected chi connectivity index (χ4v) is 1.88. The minimum absolute atomic E-state index is 0.0674. The molecule has 24 heavy (non-hydrogen) atoms. The lowest BCUT2D eigenvalue weighted by Crippen LogP contribution is -2.53. The fraction of sp³-hybridized carbons (Fsp3) is 0.714. The summed E-state index contributed by atoms with van der Waals surface area (Å²) in [5.41, 5.74) is 5.30. The molecule has 7 N–H and O–H groups in total. The van der Waals surface area contributed by atoms with Crippen molar-refractivity contribution in [3.05, 3.63) is 0 Å². The van der Waals surface area contributed by atoms with E-state index in [0.717, 1.165) is 0 Å². The van der Waals surface area contributed by atoms with Crippen LogP contribution in [0.15, 0.2) is 0 Å². The summed E-state index contributed by atoms with van der Waals surface area (Å²) >= 11 is 0. The number of aliphatic hydroxyl groups is 1. The molecular formula is C14H25N3O7. The van der Waals surface area contributed by atoms with Gasteiger partial charge in [-0.3, -0.25) is 14.4 Å². The van der Waals surface area contributed by atoms with Gasteiger partial charge in [0.15, 0.2) is 0 Å². The first-order valence-corrected chi connectivity index (χ1v) is 7.64. The minimum atomic E-state index is -1.27. The van der Waals surface area contributed by atoms with Crippen LogP contribution < -0.4 is 16.4 Å². The van der Waals surface area contributed by atoms with Crippen LogP contribution in [0.5, 0.6) is 0 Å². The predicted octanol–water partition coefficient (Wildman–Crippen LogP) is -1.58. The van der Waals surface area contributed by atoms with Crippen molar-refractivity contribution in [1.29, 1.82) is 0 Å². The number of carbonyl (C=O) groups is 4. The van der Waals surface area contributed by atoms with Gasteiger partial charge in [0, 0.05) is 6.42 Å². The highest BCUT2D eigenvalue weighted by atomic mass is 16.4. The van der Waals surface area contributed by atoms with E-state index in [-0.39, 0.29) is 25.7 Å². The lowest BCUT2D eigenvalue weighted by atomic mass is 10.1. The van der Waals surface area contributed by atoms with Gasteiger partial charge in [0.25, 0.3) is 0 Å². The highest BCUT2D eigenvalue weighted by molar-refractivity contribution is 5.90. The number of carboxylic acid groups (broad SMARTS) is 2. The van der Waals surface area contributed by atoms with Gasteiger partial charge in [-0.05, 0) is 19.3 Å². The van der Waals surface area contributed by atoms with Gasteiger partial charge >= 0.3 is 11.9 Å². The SMILES string of the molecule is CCCC(NC(=O)C(CO)NC(=O)CCCC(N)C(=O)O)C(=O)O. The topological polar surface area (TPSA) is 179 Å². The van der Waals surface area contributed by atoms with E-state index in [1.165, 1.54) is 0 Å². The number of carbonyl (C=O) groups excluding carboxylic acids is 2. The summed E-state index contributed by atoms with van der Waals surface area (Å²) in [7, 11) is 0. The molecule has 10 heteroatoms. The van der Waals surface area contributed by atoms with Gasteiger partial charge in [-0.2, -0.15) is 0 Å². The van der Waals surface area contributed by atoms with Gasteiger partial charge in [0.1, 0.15) is 18.1 Å². The molecule has 0 aromatic rings. The number of nitrogens with one attached hydrogen (secondary N) is 2. The van der Waals surface area contributed by atoms with Crippen LogP contribution in [-0.2, 0) is 19.2 Å². The maximum atomic E-state index is 11.9. The van der Waals surface area contributed by atoms with Crippen LogP contribution in [-0.4, -0.2) is 63.8 Å². The molecule has 2 amide bonds. The molecule has 0 spiro atoms.